The minimum Gasteiger partial charge on any atom is -0.339 e. The average Bonchev–Trinajstić information content (AvgIpc) is 3.54. The van der Waals surface area contributed by atoms with E-state index in [4.69, 9.17) is 0 Å². The molecule has 194 valence electrons. The van der Waals surface area contributed by atoms with Crippen LogP contribution < -0.4 is 5.32 Å². The molecule has 0 aromatic heterocycles. The number of thioether (sulfide) groups is 1. The number of hydrogen-bond donors (Lipinski definition) is 1. The van der Waals surface area contributed by atoms with Crippen LogP contribution in [0, 0.1) is 0 Å². The van der Waals surface area contributed by atoms with E-state index in [1.165, 1.54) is 0 Å². The number of Topliss-reactive ketones (excluding diaryl/α,β-unsaturated/α-hetero) is 1. The van der Waals surface area contributed by atoms with Crippen LogP contribution in [0.25, 0.3) is 0 Å². The van der Waals surface area contributed by atoms with Crippen molar-refractivity contribution in [2.24, 2.45) is 0 Å². The molecular weight excluding hydrogens is 498 g/mol. The molecule has 3 aromatic carbocycles. The van der Waals surface area contributed by atoms with Crippen LogP contribution in [-0.2, 0) is 15.3 Å². The van der Waals surface area contributed by atoms with E-state index in [-0.39, 0.29) is 36.1 Å². The largest absolute Gasteiger partial charge is 0.339 e. The third-order valence-electron chi connectivity index (χ3n) is 7.02. The van der Waals surface area contributed by atoms with Crippen molar-refractivity contribution in [2.45, 2.75) is 30.3 Å². The molecule has 1 N–H and O–H groups in total. The summed E-state index contributed by atoms with van der Waals surface area (Å²) in [6.45, 7) is 0.343. The molecule has 0 saturated carbocycles. The van der Waals surface area contributed by atoms with E-state index < -0.39 is 12.1 Å². The second kappa shape index (κ2) is 11.6. The van der Waals surface area contributed by atoms with Crippen LogP contribution in [0.15, 0.2) is 91.0 Å². The molecule has 0 radical (unpaired) electrons. The van der Waals surface area contributed by atoms with Gasteiger partial charge in [-0.15, -0.1) is 0 Å². The smallest absolute Gasteiger partial charge is 0.254 e. The number of ketones is 1. The summed E-state index contributed by atoms with van der Waals surface area (Å²) < 4.78 is 0. The molecule has 38 heavy (non-hydrogen) atoms. The minimum atomic E-state index is -0.804. The maximum absolute atomic E-state index is 13.8. The quantitative estimate of drug-likeness (QED) is 0.485. The summed E-state index contributed by atoms with van der Waals surface area (Å²) in [6.07, 6.45) is 0.525. The van der Waals surface area contributed by atoms with Crippen LogP contribution in [0.3, 0.4) is 0 Å². The summed E-state index contributed by atoms with van der Waals surface area (Å²) in [4.78, 5) is 56.2. The number of nitrogens with one attached hydrogen (secondary N) is 1. The van der Waals surface area contributed by atoms with Gasteiger partial charge in [0, 0.05) is 29.2 Å². The Morgan fingerprint density at radius 2 is 1.45 bits per heavy atom. The molecule has 2 aliphatic heterocycles. The highest BCUT2D eigenvalue weighted by Gasteiger charge is 2.52. The molecule has 2 unspecified atom stereocenters. The summed E-state index contributed by atoms with van der Waals surface area (Å²) in [5.41, 5.74) is 2.12. The molecule has 0 spiro atoms. The normalized spacial score (nSPS) is 19.2. The Bertz CT molecular complexity index is 1300. The van der Waals surface area contributed by atoms with Crippen molar-refractivity contribution >= 4 is 35.3 Å². The zero-order valence-electron chi connectivity index (χ0n) is 20.9. The van der Waals surface area contributed by atoms with E-state index in [1.807, 2.05) is 42.5 Å². The van der Waals surface area contributed by atoms with Gasteiger partial charge in [-0.05, 0) is 36.2 Å². The van der Waals surface area contributed by atoms with E-state index >= 15 is 0 Å². The first-order chi connectivity index (χ1) is 18.5. The van der Waals surface area contributed by atoms with Crippen molar-refractivity contribution in [3.63, 3.8) is 0 Å². The van der Waals surface area contributed by atoms with Crippen LogP contribution in [-0.4, -0.2) is 70.3 Å². The van der Waals surface area contributed by atoms with E-state index in [9.17, 15) is 19.2 Å². The van der Waals surface area contributed by atoms with E-state index in [0.717, 1.165) is 5.56 Å². The van der Waals surface area contributed by atoms with Crippen molar-refractivity contribution in [3.05, 3.63) is 108 Å². The number of benzene rings is 3. The molecule has 2 saturated heterocycles. The van der Waals surface area contributed by atoms with Crippen LogP contribution in [0.5, 0.6) is 0 Å². The first-order valence-corrected chi connectivity index (χ1v) is 13.8. The zero-order chi connectivity index (χ0) is 26.5. The fraction of sp³-hybridized carbons (Fsp3) is 0.267. The number of amides is 3. The monoisotopic (exact) mass is 527 g/mol. The molecule has 3 amide bonds. The second-order valence-corrected chi connectivity index (χ2v) is 10.5. The molecule has 2 fully saturated rings. The van der Waals surface area contributed by atoms with Crippen molar-refractivity contribution in [1.29, 1.82) is 0 Å². The number of carbonyl (C=O) groups excluding carboxylic acids is 4. The van der Waals surface area contributed by atoms with Crippen LogP contribution in [0.2, 0.25) is 0 Å². The Kier molecular flexibility index (Phi) is 7.89. The van der Waals surface area contributed by atoms with Gasteiger partial charge in [0.25, 0.3) is 11.8 Å². The Balaban J connectivity index is 1.31. The Morgan fingerprint density at radius 3 is 2.11 bits per heavy atom. The lowest BCUT2D eigenvalue weighted by molar-refractivity contribution is -0.137. The highest BCUT2D eigenvalue weighted by molar-refractivity contribution is 7.98. The van der Waals surface area contributed by atoms with Crippen LogP contribution >= 0.6 is 11.8 Å². The first kappa shape index (κ1) is 25.7. The van der Waals surface area contributed by atoms with Crippen molar-refractivity contribution in [1.82, 2.24) is 15.1 Å². The Hall–Kier alpha value is -3.91. The SMILES string of the molecule is O=C(N[C@@H](CSCc1ccccc1)C(=O)N1CCC2C1C(=O)CN2C(=O)c1ccccc1)c1ccccc1. The van der Waals surface area contributed by atoms with E-state index in [2.05, 4.69) is 5.32 Å². The number of rotatable bonds is 8. The minimum absolute atomic E-state index is 0.0172. The highest BCUT2D eigenvalue weighted by atomic mass is 32.2. The fourth-order valence-electron chi connectivity index (χ4n) is 5.16. The molecule has 3 atom stereocenters. The van der Waals surface area contributed by atoms with Crippen LogP contribution in [0.4, 0.5) is 0 Å². The number of carbonyl (C=O) groups is 4. The topological polar surface area (TPSA) is 86.8 Å². The van der Waals surface area contributed by atoms with Gasteiger partial charge in [-0.2, -0.15) is 11.8 Å². The molecule has 3 aromatic rings. The summed E-state index contributed by atoms with van der Waals surface area (Å²) in [5, 5.41) is 2.91. The fourth-order valence-corrected chi connectivity index (χ4v) is 6.17. The zero-order valence-corrected chi connectivity index (χ0v) is 21.7. The number of nitrogens with zero attached hydrogens (tertiary/aromatic N) is 2. The van der Waals surface area contributed by atoms with Crippen molar-refractivity contribution in [3.8, 4) is 0 Å². The van der Waals surface area contributed by atoms with Gasteiger partial charge in [0.2, 0.25) is 5.91 Å². The van der Waals surface area contributed by atoms with Gasteiger partial charge in [-0.1, -0.05) is 66.7 Å². The molecule has 7 nitrogen and oxygen atoms in total. The van der Waals surface area contributed by atoms with Gasteiger partial charge >= 0.3 is 0 Å². The molecular formula is C30H29N3O4S. The average molecular weight is 528 g/mol. The maximum Gasteiger partial charge on any atom is 0.254 e. The lowest BCUT2D eigenvalue weighted by Gasteiger charge is -2.28. The summed E-state index contributed by atoms with van der Waals surface area (Å²) in [7, 11) is 0. The van der Waals surface area contributed by atoms with E-state index in [1.54, 1.807) is 70.1 Å². The molecule has 0 bridgehead atoms. The van der Waals surface area contributed by atoms with Gasteiger partial charge in [-0.25, -0.2) is 0 Å². The molecule has 5 rings (SSSR count). The molecule has 2 heterocycles. The number of fused-ring (bicyclic) bond motifs is 1. The van der Waals surface area contributed by atoms with Crippen molar-refractivity contribution in [2.75, 3.05) is 18.8 Å². The molecule has 2 aliphatic rings. The van der Waals surface area contributed by atoms with Gasteiger partial charge in [0.05, 0.1) is 12.6 Å². The number of hydrogen-bond acceptors (Lipinski definition) is 5. The lowest BCUT2D eigenvalue weighted by atomic mass is 10.1. The third kappa shape index (κ3) is 5.50. The van der Waals surface area contributed by atoms with Gasteiger partial charge < -0.3 is 15.1 Å². The second-order valence-electron chi connectivity index (χ2n) is 9.49. The van der Waals surface area contributed by atoms with Crippen molar-refractivity contribution < 1.29 is 19.2 Å². The van der Waals surface area contributed by atoms with Gasteiger partial charge in [0.15, 0.2) is 5.78 Å². The number of likely N-dealkylation sites (tertiary alicyclic amines) is 2. The molecule has 8 heteroatoms. The predicted octanol–water partition coefficient (Wildman–Crippen LogP) is 3.41. The predicted molar refractivity (Wildman–Crippen MR) is 147 cm³/mol. The third-order valence-corrected chi connectivity index (χ3v) is 8.13. The van der Waals surface area contributed by atoms with Gasteiger partial charge in [0.1, 0.15) is 12.1 Å². The maximum atomic E-state index is 13.8. The summed E-state index contributed by atoms with van der Waals surface area (Å²) in [6, 6.07) is 25.7. The van der Waals surface area contributed by atoms with E-state index in [0.29, 0.717) is 35.6 Å². The lowest BCUT2D eigenvalue weighted by Crippen LogP contribution is -2.53. The highest BCUT2D eigenvalue weighted by Crippen LogP contribution is 2.31. The summed E-state index contributed by atoms with van der Waals surface area (Å²) in [5.74, 6) is 0.0867. The van der Waals surface area contributed by atoms with Crippen LogP contribution in [0.1, 0.15) is 32.7 Å². The first-order valence-electron chi connectivity index (χ1n) is 12.7. The molecule has 0 aliphatic carbocycles. The van der Waals surface area contributed by atoms with Gasteiger partial charge in [-0.3, -0.25) is 19.2 Å². The summed E-state index contributed by atoms with van der Waals surface area (Å²) >= 11 is 1.56. The standard InChI is InChI=1S/C30H29N3O4S/c34-26-18-33(29(36)23-14-8-3-9-15-23)25-16-17-32(27(25)26)30(37)24(20-38-19-21-10-4-1-5-11-21)31-28(35)22-12-6-2-7-13-22/h1-15,24-25,27H,16-20H2,(H,31,35)/t24-,25?,27?/m0/s1. The Labute approximate surface area is 226 Å². The Morgan fingerprint density at radius 1 is 0.842 bits per heavy atom.